The smallest absolute Gasteiger partial charge is 0.336 e. The van der Waals surface area contributed by atoms with Crippen LogP contribution in [0.1, 0.15) is 35.8 Å². The predicted molar refractivity (Wildman–Crippen MR) is 124 cm³/mol. The highest BCUT2D eigenvalue weighted by atomic mass is 35.5. The number of hydrogen-bond acceptors (Lipinski definition) is 5. The van der Waals surface area contributed by atoms with Gasteiger partial charge in [-0.15, -0.1) is 0 Å². The van der Waals surface area contributed by atoms with Gasteiger partial charge < -0.3 is 19.7 Å². The Bertz CT molecular complexity index is 1050. The van der Waals surface area contributed by atoms with Gasteiger partial charge in [-0.1, -0.05) is 35.9 Å². The number of dihydropyridines is 1. The normalized spacial score (nSPS) is 16.3. The second-order valence-electron chi connectivity index (χ2n) is 7.86. The SMILES string of the molecule is COC(=O)C1=CNC(CC(CC=O)c2ccc(F)cc2)=CC1c1ccc(N(C)C)cc1Cl. The number of methoxy groups -OCH3 is 1. The van der Waals surface area contributed by atoms with Gasteiger partial charge in [0.1, 0.15) is 12.1 Å². The number of rotatable bonds is 8. The highest BCUT2D eigenvalue weighted by Gasteiger charge is 2.28. The van der Waals surface area contributed by atoms with Crippen LogP contribution in [0.25, 0.3) is 0 Å². The first-order valence-corrected chi connectivity index (χ1v) is 10.6. The molecule has 2 atom stereocenters. The third-order valence-corrected chi connectivity index (χ3v) is 5.89. The van der Waals surface area contributed by atoms with E-state index in [-0.39, 0.29) is 11.7 Å². The summed E-state index contributed by atoms with van der Waals surface area (Å²) in [4.78, 5) is 25.7. The third kappa shape index (κ3) is 5.37. The van der Waals surface area contributed by atoms with Crippen LogP contribution in [0, 0.1) is 5.82 Å². The Kier molecular flexibility index (Phi) is 7.70. The summed E-state index contributed by atoms with van der Waals surface area (Å²) in [5.41, 5.74) is 3.87. The molecule has 0 spiro atoms. The molecule has 5 nitrogen and oxygen atoms in total. The maximum Gasteiger partial charge on any atom is 0.336 e. The lowest BCUT2D eigenvalue weighted by Crippen LogP contribution is -2.23. The van der Waals surface area contributed by atoms with Crippen molar-refractivity contribution in [3.05, 3.63) is 88.0 Å². The van der Waals surface area contributed by atoms with Crippen molar-refractivity contribution < 1.29 is 18.7 Å². The number of allylic oxidation sites excluding steroid dienone is 2. The number of aldehydes is 1. The van der Waals surface area contributed by atoms with E-state index >= 15 is 0 Å². The molecule has 1 heterocycles. The molecule has 7 heteroatoms. The van der Waals surface area contributed by atoms with E-state index in [2.05, 4.69) is 5.32 Å². The molecule has 2 aromatic rings. The number of benzene rings is 2. The van der Waals surface area contributed by atoms with Crippen molar-refractivity contribution in [3.63, 3.8) is 0 Å². The molecule has 3 rings (SSSR count). The minimum absolute atomic E-state index is 0.132. The van der Waals surface area contributed by atoms with E-state index < -0.39 is 11.9 Å². The fourth-order valence-corrected chi connectivity index (χ4v) is 4.08. The molecule has 0 amide bonds. The molecule has 0 aliphatic carbocycles. The Hall–Kier alpha value is -3.12. The molecule has 1 N–H and O–H groups in total. The van der Waals surface area contributed by atoms with Crippen molar-refractivity contribution in [1.29, 1.82) is 0 Å². The van der Waals surface area contributed by atoms with Crippen LogP contribution in [0.5, 0.6) is 0 Å². The van der Waals surface area contributed by atoms with Crippen LogP contribution >= 0.6 is 11.6 Å². The van der Waals surface area contributed by atoms with Gasteiger partial charge in [0, 0.05) is 49.0 Å². The highest BCUT2D eigenvalue weighted by molar-refractivity contribution is 6.31. The van der Waals surface area contributed by atoms with Crippen LogP contribution < -0.4 is 10.2 Å². The quantitative estimate of drug-likeness (QED) is 0.450. The lowest BCUT2D eigenvalue weighted by molar-refractivity contribution is -0.136. The van der Waals surface area contributed by atoms with Gasteiger partial charge >= 0.3 is 5.97 Å². The largest absolute Gasteiger partial charge is 0.466 e. The Morgan fingerprint density at radius 2 is 1.97 bits per heavy atom. The topological polar surface area (TPSA) is 58.6 Å². The van der Waals surface area contributed by atoms with Crippen LogP contribution in [0.3, 0.4) is 0 Å². The van der Waals surface area contributed by atoms with Gasteiger partial charge in [-0.3, -0.25) is 0 Å². The van der Waals surface area contributed by atoms with E-state index in [4.69, 9.17) is 16.3 Å². The molecule has 2 unspecified atom stereocenters. The van der Waals surface area contributed by atoms with Crippen molar-refractivity contribution in [2.75, 3.05) is 26.1 Å². The van der Waals surface area contributed by atoms with Crippen molar-refractivity contribution in [3.8, 4) is 0 Å². The van der Waals surface area contributed by atoms with Gasteiger partial charge in [0.2, 0.25) is 0 Å². The number of anilines is 1. The fraction of sp³-hybridized carbons (Fsp3) is 0.280. The van der Waals surface area contributed by atoms with Gasteiger partial charge in [-0.05, 0) is 47.7 Å². The van der Waals surface area contributed by atoms with Crippen LogP contribution in [0.15, 0.2) is 66.0 Å². The molecule has 0 bridgehead atoms. The van der Waals surface area contributed by atoms with Crippen molar-refractivity contribution in [2.24, 2.45) is 0 Å². The summed E-state index contributed by atoms with van der Waals surface area (Å²) < 4.78 is 18.3. The number of carbonyl (C=O) groups excluding carboxylic acids is 2. The summed E-state index contributed by atoms with van der Waals surface area (Å²) in [5.74, 6) is -1.32. The van der Waals surface area contributed by atoms with Gasteiger partial charge in [-0.25, -0.2) is 9.18 Å². The number of halogens is 2. The van der Waals surface area contributed by atoms with Gasteiger partial charge in [0.15, 0.2) is 0 Å². The zero-order valence-electron chi connectivity index (χ0n) is 18.3. The first-order chi connectivity index (χ1) is 15.3. The lowest BCUT2D eigenvalue weighted by Gasteiger charge is -2.26. The molecule has 1 aliphatic heterocycles. The molecular formula is C25H26ClFN2O3. The lowest BCUT2D eigenvalue weighted by atomic mass is 9.85. The zero-order chi connectivity index (χ0) is 23.3. The van der Waals surface area contributed by atoms with Crippen LogP contribution in [0.4, 0.5) is 10.1 Å². The fourth-order valence-electron chi connectivity index (χ4n) is 3.79. The minimum Gasteiger partial charge on any atom is -0.466 e. The summed E-state index contributed by atoms with van der Waals surface area (Å²) in [6.07, 6.45) is 5.23. The first-order valence-electron chi connectivity index (χ1n) is 10.3. The van der Waals surface area contributed by atoms with E-state index in [0.29, 0.717) is 23.4 Å². The highest BCUT2D eigenvalue weighted by Crippen LogP contribution is 2.38. The number of nitrogens with one attached hydrogen (secondary N) is 1. The van der Waals surface area contributed by atoms with Gasteiger partial charge in [-0.2, -0.15) is 0 Å². The van der Waals surface area contributed by atoms with E-state index in [9.17, 15) is 14.0 Å². The first kappa shape index (κ1) is 23.5. The monoisotopic (exact) mass is 456 g/mol. The number of carbonyl (C=O) groups is 2. The maximum absolute atomic E-state index is 13.3. The second-order valence-corrected chi connectivity index (χ2v) is 8.27. The standard InChI is InChI=1S/C25H26ClFN2O3/c1-29(2)20-8-9-21(24(26)14-20)22-13-19(28-15-23(22)25(31)32-3)12-17(10-11-30)16-4-6-18(27)7-5-16/h4-9,11,13-15,17,22,28H,10,12H2,1-3H3. The average Bonchev–Trinajstić information content (AvgIpc) is 2.78. The van der Waals surface area contributed by atoms with E-state index in [0.717, 1.165) is 28.8 Å². The van der Waals surface area contributed by atoms with Gasteiger partial charge in [0.05, 0.1) is 12.7 Å². The predicted octanol–water partition coefficient (Wildman–Crippen LogP) is 4.94. The number of ether oxygens (including phenoxy) is 1. The number of nitrogens with zero attached hydrogens (tertiary/aromatic N) is 1. The summed E-state index contributed by atoms with van der Waals surface area (Å²) >= 11 is 6.60. The van der Waals surface area contributed by atoms with E-state index in [1.165, 1.54) is 19.2 Å². The zero-order valence-corrected chi connectivity index (χ0v) is 19.0. The minimum atomic E-state index is -0.450. The summed E-state index contributed by atoms with van der Waals surface area (Å²) in [6.45, 7) is 0. The number of hydrogen-bond donors (Lipinski definition) is 1. The molecule has 0 aromatic heterocycles. The Labute approximate surface area is 192 Å². The van der Waals surface area contributed by atoms with Gasteiger partial charge in [0.25, 0.3) is 0 Å². The molecule has 0 fully saturated rings. The molecule has 0 saturated heterocycles. The third-order valence-electron chi connectivity index (χ3n) is 5.56. The molecule has 0 saturated carbocycles. The van der Waals surface area contributed by atoms with Crippen molar-refractivity contribution in [1.82, 2.24) is 5.32 Å². The molecular weight excluding hydrogens is 431 g/mol. The van der Waals surface area contributed by atoms with Crippen LogP contribution in [0.2, 0.25) is 5.02 Å². The summed E-state index contributed by atoms with van der Waals surface area (Å²) in [5, 5.41) is 3.70. The average molecular weight is 457 g/mol. The van der Waals surface area contributed by atoms with Crippen molar-refractivity contribution >= 4 is 29.5 Å². The Balaban J connectivity index is 1.95. The van der Waals surface area contributed by atoms with Crippen LogP contribution in [-0.2, 0) is 14.3 Å². The molecule has 1 aliphatic rings. The molecule has 0 radical (unpaired) electrons. The maximum atomic E-state index is 13.3. The summed E-state index contributed by atoms with van der Waals surface area (Å²) in [6, 6.07) is 11.9. The molecule has 2 aromatic carbocycles. The molecule has 32 heavy (non-hydrogen) atoms. The van der Waals surface area contributed by atoms with Crippen molar-refractivity contribution in [2.45, 2.75) is 24.7 Å². The number of esters is 1. The second kappa shape index (κ2) is 10.5. The Morgan fingerprint density at radius 1 is 1.25 bits per heavy atom. The van der Waals surface area contributed by atoms with E-state index in [1.54, 1.807) is 18.3 Å². The summed E-state index contributed by atoms with van der Waals surface area (Å²) in [7, 11) is 5.19. The Morgan fingerprint density at radius 3 is 2.56 bits per heavy atom. The van der Waals surface area contributed by atoms with Crippen LogP contribution in [-0.4, -0.2) is 33.5 Å². The molecule has 168 valence electrons. The van der Waals surface area contributed by atoms with E-state index in [1.807, 2.05) is 43.3 Å².